The zero-order valence-corrected chi connectivity index (χ0v) is 18.1. The molecule has 0 unspecified atom stereocenters. The summed E-state index contributed by atoms with van der Waals surface area (Å²) in [5, 5.41) is 11.8. The number of hydroxylamine groups is 2. The third-order valence-electron chi connectivity index (χ3n) is 5.53. The maximum atomic E-state index is 13.5. The standard InChI is InChI=1S/C25H22N2O4S/c28-23-19-13-7-8-14-20(19)24(29)26(23)21(15-16-32)25(30)27(31)22(17-9-3-1-4-10-17)18-11-5-2-6-12-18/h1-14,21-22,31-32H,15-16H2/t21-/m0/s1. The average molecular weight is 447 g/mol. The number of fused-ring (bicyclic) bond motifs is 1. The smallest absolute Gasteiger partial charge is 0.270 e. The van der Waals surface area contributed by atoms with Crippen LogP contribution in [0.5, 0.6) is 0 Å². The SMILES string of the molecule is O=C([C@H](CCS)N1C(=O)c2ccccc2C1=O)N(O)C(c1ccccc1)c1ccccc1. The number of rotatable bonds is 7. The van der Waals surface area contributed by atoms with E-state index in [1.165, 1.54) is 0 Å². The number of nitrogens with zero attached hydrogens (tertiary/aromatic N) is 2. The normalized spacial score (nSPS) is 13.9. The molecule has 0 aliphatic carbocycles. The molecule has 3 aromatic rings. The summed E-state index contributed by atoms with van der Waals surface area (Å²) in [6.45, 7) is 0. The molecule has 0 radical (unpaired) electrons. The van der Waals surface area contributed by atoms with E-state index in [1.807, 2.05) is 60.7 Å². The summed E-state index contributed by atoms with van der Waals surface area (Å²) >= 11 is 4.23. The molecule has 1 N–H and O–H groups in total. The van der Waals surface area contributed by atoms with Gasteiger partial charge in [-0.3, -0.25) is 24.5 Å². The molecule has 162 valence electrons. The van der Waals surface area contributed by atoms with Gasteiger partial charge in [-0.15, -0.1) is 0 Å². The van der Waals surface area contributed by atoms with Gasteiger partial charge in [0.25, 0.3) is 17.7 Å². The summed E-state index contributed by atoms with van der Waals surface area (Å²) in [5.74, 6) is -1.59. The molecule has 1 heterocycles. The maximum Gasteiger partial charge on any atom is 0.270 e. The second-order valence-corrected chi connectivity index (χ2v) is 7.91. The summed E-state index contributed by atoms with van der Waals surface area (Å²) < 4.78 is 0. The molecule has 0 spiro atoms. The van der Waals surface area contributed by atoms with Crippen LogP contribution in [0, 0.1) is 0 Å². The van der Waals surface area contributed by atoms with Gasteiger partial charge in [-0.1, -0.05) is 72.8 Å². The Kier molecular flexibility index (Phi) is 6.39. The van der Waals surface area contributed by atoms with Crippen molar-refractivity contribution in [1.82, 2.24) is 9.96 Å². The molecule has 0 saturated heterocycles. The lowest BCUT2D eigenvalue weighted by Crippen LogP contribution is -2.51. The van der Waals surface area contributed by atoms with Crippen LogP contribution in [0.25, 0.3) is 0 Å². The van der Waals surface area contributed by atoms with E-state index in [9.17, 15) is 19.6 Å². The number of thiol groups is 1. The Hall–Kier alpha value is -3.42. The third kappa shape index (κ3) is 3.92. The number of benzene rings is 3. The molecule has 4 rings (SSSR count). The van der Waals surface area contributed by atoms with E-state index in [4.69, 9.17) is 0 Å². The summed E-state index contributed by atoms with van der Waals surface area (Å²) in [6.07, 6.45) is 0.112. The highest BCUT2D eigenvalue weighted by Crippen LogP contribution is 2.31. The fraction of sp³-hybridized carbons (Fsp3) is 0.160. The predicted octanol–water partition coefficient (Wildman–Crippen LogP) is 3.98. The lowest BCUT2D eigenvalue weighted by molar-refractivity contribution is -0.177. The Morgan fingerprint density at radius 2 is 1.25 bits per heavy atom. The minimum atomic E-state index is -1.18. The minimum Gasteiger partial charge on any atom is -0.285 e. The second kappa shape index (κ2) is 9.38. The molecular formula is C25H22N2O4S. The van der Waals surface area contributed by atoms with Crippen LogP contribution in [0.15, 0.2) is 84.9 Å². The lowest BCUT2D eigenvalue weighted by atomic mass is 9.97. The highest BCUT2D eigenvalue weighted by Gasteiger charge is 2.44. The largest absolute Gasteiger partial charge is 0.285 e. The van der Waals surface area contributed by atoms with Gasteiger partial charge in [0.1, 0.15) is 12.1 Å². The van der Waals surface area contributed by atoms with Crippen molar-refractivity contribution in [2.24, 2.45) is 0 Å². The van der Waals surface area contributed by atoms with Crippen LogP contribution < -0.4 is 0 Å². The topological polar surface area (TPSA) is 77.9 Å². The molecule has 7 heteroatoms. The van der Waals surface area contributed by atoms with Crippen molar-refractivity contribution in [2.75, 3.05) is 5.75 Å². The molecule has 3 aromatic carbocycles. The Labute approximate surface area is 191 Å². The zero-order chi connectivity index (χ0) is 22.7. The van der Waals surface area contributed by atoms with Gasteiger partial charge in [0.15, 0.2) is 0 Å². The van der Waals surface area contributed by atoms with Crippen molar-refractivity contribution < 1.29 is 19.6 Å². The number of amides is 3. The zero-order valence-electron chi connectivity index (χ0n) is 17.2. The molecule has 0 saturated carbocycles. The first-order valence-corrected chi connectivity index (χ1v) is 10.9. The Morgan fingerprint density at radius 3 is 1.69 bits per heavy atom. The Morgan fingerprint density at radius 1 is 0.812 bits per heavy atom. The summed E-state index contributed by atoms with van der Waals surface area (Å²) in [6, 6.07) is 22.7. The van der Waals surface area contributed by atoms with Crippen LogP contribution in [0.3, 0.4) is 0 Å². The van der Waals surface area contributed by atoms with Crippen LogP contribution in [0.4, 0.5) is 0 Å². The molecule has 0 fully saturated rings. The average Bonchev–Trinajstić information content (AvgIpc) is 3.09. The van der Waals surface area contributed by atoms with E-state index in [2.05, 4.69) is 12.6 Å². The monoisotopic (exact) mass is 446 g/mol. The summed E-state index contributed by atoms with van der Waals surface area (Å²) in [7, 11) is 0. The number of hydrogen-bond donors (Lipinski definition) is 2. The molecule has 1 atom stereocenters. The molecule has 32 heavy (non-hydrogen) atoms. The maximum absolute atomic E-state index is 13.5. The first-order chi connectivity index (χ1) is 15.5. The van der Waals surface area contributed by atoms with Crippen molar-refractivity contribution in [3.05, 3.63) is 107 Å². The van der Waals surface area contributed by atoms with Gasteiger partial charge in [0.05, 0.1) is 11.1 Å². The van der Waals surface area contributed by atoms with E-state index in [1.54, 1.807) is 24.3 Å². The molecule has 3 amide bonds. The van der Waals surface area contributed by atoms with Gasteiger partial charge in [0.2, 0.25) is 0 Å². The van der Waals surface area contributed by atoms with Gasteiger partial charge in [-0.05, 0) is 35.4 Å². The van der Waals surface area contributed by atoms with Gasteiger partial charge < -0.3 is 0 Å². The minimum absolute atomic E-state index is 0.112. The number of carbonyl (C=O) groups excluding carboxylic acids is 3. The molecular weight excluding hydrogens is 424 g/mol. The first kappa shape index (κ1) is 21.8. The van der Waals surface area contributed by atoms with Crippen molar-refractivity contribution in [1.29, 1.82) is 0 Å². The summed E-state index contributed by atoms with van der Waals surface area (Å²) in [4.78, 5) is 40.5. The van der Waals surface area contributed by atoms with Crippen molar-refractivity contribution in [3.8, 4) is 0 Å². The lowest BCUT2D eigenvalue weighted by Gasteiger charge is -2.32. The highest BCUT2D eigenvalue weighted by molar-refractivity contribution is 7.80. The van der Waals surface area contributed by atoms with E-state index >= 15 is 0 Å². The quantitative estimate of drug-likeness (QED) is 0.249. The van der Waals surface area contributed by atoms with Gasteiger partial charge in [-0.25, -0.2) is 5.06 Å². The number of hydrogen-bond acceptors (Lipinski definition) is 5. The first-order valence-electron chi connectivity index (χ1n) is 10.2. The van der Waals surface area contributed by atoms with Gasteiger partial charge in [-0.2, -0.15) is 12.6 Å². The van der Waals surface area contributed by atoms with E-state index in [0.29, 0.717) is 16.2 Å². The van der Waals surface area contributed by atoms with Crippen LogP contribution in [-0.4, -0.2) is 44.7 Å². The van der Waals surface area contributed by atoms with E-state index in [-0.39, 0.29) is 23.3 Å². The number of carbonyl (C=O) groups is 3. The Balaban J connectivity index is 1.71. The molecule has 6 nitrogen and oxygen atoms in total. The summed E-state index contributed by atoms with van der Waals surface area (Å²) in [5.41, 5.74) is 1.89. The molecule has 0 bridgehead atoms. The number of imide groups is 1. The molecule has 1 aliphatic heterocycles. The van der Waals surface area contributed by atoms with Crippen molar-refractivity contribution in [2.45, 2.75) is 18.5 Å². The molecule has 1 aliphatic rings. The second-order valence-electron chi connectivity index (χ2n) is 7.46. The molecule has 0 aromatic heterocycles. The Bertz CT molecular complexity index is 1060. The fourth-order valence-corrected chi connectivity index (χ4v) is 4.25. The van der Waals surface area contributed by atoms with Gasteiger partial charge in [0, 0.05) is 0 Å². The van der Waals surface area contributed by atoms with Crippen LogP contribution in [-0.2, 0) is 4.79 Å². The highest BCUT2D eigenvalue weighted by atomic mass is 32.1. The van der Waals surface area contributed by atoms with Crippen LogP contribution in [0.1, 0.15) is 44.3 Å². The van der Waals surface area contributed by atoms with E-state index in [0.717, 1.165) is 4.90 Å². The fourth-order valence-electron chi connectivity index (χ4n) is 4.00. The third-order valence-corrected chi connectivity index (χ3v) is 5.78. The van der Waals surface area contributed by atoms with Gasteiger partial charge >= 0.3 is 0 Å². The van der Waals surface area contributed by atoms with Crippen LogP contribution in [0.2, 0.25) is 0 Å². The van der Waals surface area contributed by atoms with Crippen molar-refractivity contribution >= 4 is 30.4 Å². The van der Waals surface area contributed by atoms with E-state index < -0.39 is 29.8 Å². The van der Waals surface area contributed by atoms with Crippen molar-refractivity contribution in [3.63, 3.8) is 0 Å². The predicted molar refractivity (Wildman–Crippen MR) is 123 cm³/mol. The van der Waals surface area contributed by atoms with Crippen LogP contribution >= 0.6 is 12.6 Å².